The van der Waals surface area contributed by atoms with E-state index in [9.17, 15) is 0 Å². The predicted molar refractivity (Wildman–Crippen MR) is 68.2 cm³/mol. The van der Waals surface area contributed by atoms with Crippen LogP contribution in [0.2, 0.25) is 0 Å². The molecule has 0 aromatic rings. The zero-order valence-electron chi connectivity index (χ0n) is 11.1. The van der Waals surface area contributed by atoms with Crippen LogP contribution in [0.5, 0.6) is 0 Å². The molecule has 102 valence electrons. The summed E-state index contributed by atoms with van der Waals surface area (Å²) in [5, 5.41) is 11.9. The number of nitriles is 1. The average Bonchev–Trinajstić information content (AvgIpc) is 2.85. The van der Waals surface area contributed by atoms with Gasteiger partial charge in [-0.15, -0.1) is 0 Å². The third-order valence-corrected chi connectivity index (χ3v) is 3.66. The van der Waals surface area contributed by atoms with Crippen molar-refractivity contribution in [3.8, 4) is 6.07 Å². The van der Waals surface area contributed by atoms with Crippen LogP contribution in [0.25, 0.3) is 0 Å². The van der Waals surface area contributed by atoms with Gasteiger partial charge in [-0.2, -0.15) is 5.26 Å². The summed E-state index contributed by atoms with van der Waals surface area (Å²) in [7, 11) is 0. The van der Waals surface area contributed by atoms with Crippen molar-refractivity contribution in [2.24, 2.45) is 0 Å². The second kappa shape index (κ2) is 7.05. The van der Waals surface area contributed by atoms with Crippen LogP contribution in [-0.4, -0.2) is 62.5 Å². The highest BCUT2D eigenvalue weighted by Gasteiger charge is 2.31. The van der Waals surface area contributed by atoms with Gasteiger partial charge in [0.15, 0.2) is 0 Å². The van der Waals surface area contributed by atoms with E-state index in [1.165, 1.54) is 19.4 Å². The summed E-state index contributed by atoms with van der Waals surface area (Å²) in [5.41, 5.74) is 0. The van der Waals surface area contributed by atoms with E-state index in [2.05, 4.69) is 10.2 Å². The maximum Gasteiger partial charge on any atom is 0.141 e. The summed E-state index contributed by atoms with van der Waals surface area (Å²) >= 11 is 0. The Kier molecular flexibility index (Phi) is 5.39. The zero-order chi connectivity index (χ0) is 12.8. The van der Waals surface area contributed by atoms with Crippen LogP contribution in [0.4, 0.5) is 0 Å². The lowest BCUT2D eigenvalue weighted by molar-refractivity contribution is -0.0474. The fourth-order valence-electron chi connectivity index (χ4n) is 2.62. The molecule has 2 saturated heterocycles. The lowest BCUT2D eigenvalue weighted by atomic mass is 10.2. The van der Waals surface area contributed by atoms with Crippen molar-refractivity contribution in [2.75, 3.05) is 39.4 Å². The second-order valence-corrected chi connectivity index (χ2v) is 5.09. The Hall–Kier alpha value is -0.670. The van der Waals surface area contributed by atoms with E-state index in [0.717, 1.165) is 26.2 Å². The van der Waals surface area contributed by atoms with Gasteiger partial charge in [-0.1, -0.05) is 0 Å². The van der Waals surface area contributed by atoms with Crippen molar-refractivity contribution in [2.45, 2.75) is 38.0 Å². The van der Waals surface area contributed by atoms with E-state index in [4.69, 9.17) is 14.7 Å². The Morgan fingerprint density at radius 2 is 2.50 bits per heavy atom. The monoisotopic (exact) mass is 253 g/mol. The van der Waals surface area contributed by atoms with Crippen molar-refractivity contribution in [1.82, 2.24) is 10.2 Å². The molecule has 0 aromatic heterocycles. The maximum atomic E-state index is 8.56. The molecule has 0 aromatic carbocycles. The van der Waals surface area contributed by atoms with Crippen molar-refractivity contribution in [1.29, 1.82) is 5.26 Å². The maximum absolute atomic E-state index is 8.56. The SMILES string of the molecule is CC(C#N)OCCNCC1CN2CCCC2CO1. The molecule has 3 atom stereocenters. The zero-order valence-corrected chi connectivity index (χ0v) is 11.1. The Morgan fingerprint density at radius 3 is 3.33 bits per heavy atom. The van der Waals surface area contributed by atoms with Gasteiger partial charge in [0.1, 0.15) is 6.10 Å². The normalized spacial score (nSPS) is 29.8. The predicted octanol–water partition coefficient (Wildman–Crippen LogP) is 0.368. The molecule has 0 radical (unpaired) electrons. The first-order valence-electron chi connectivity index (χ1n) is 6.87. The molecule has 3 unspecified atom stereocenters. The van der Waals surface area contributed by atoms with Gasteiger partial charge in [0.05, 0.1) is 25.4 Å². The minimum atomic E-state index is -0.317. The van der Waals surface area contributed by atoms with E-state index in [1.54, 1.807) is 6.92 Å². The number of ether oxygens (including phenoxy) is 2. The summed E-state index contributed by atoms with van der Waals surface area (Å²) < 4.78 is 11.1. The Balaban J connectivity index is 1.53. The third kappa shape index (κ3) is 3.92. The molecule has 2 aliphatic rings. The minimum absolute atomic E-state index is 0.299. The molecule has 0 bridgehead atoms. The molecular formula is C13H23N3O2. The number of rotatable bonds is 6. The molecule has 5 nitrogen and oxygen atoms in total. The fraction of sp³-hybridized carbons (Fsp3) is 0.923. The highest BCUT2D eigenvalue weighted by Crippen LogP contribution is 2.22. The molecule has 2 rings (SSSR count). The van der Waals surface area contributed by atoms with Crippen LogP contribution in [0, 0.1) is 11.3 Å². The Bertz CT molecular complexity index is 292. The van der Waals surface area contributed by atoms with Gasteiger partial charge in [-0.05, 0) is 26.3 Å². The van der Waals surface area contributed by atoms with Gasteiger partial charge in [-0.25, -0.2) is 0 Å². The molecular weight excluding hydrogens is 230 g/mol. The number of nitrogens with one attached hydrogen (secondary N) is 1. The number of fused-ring (bicyclic) bond motifs is 1. The topological polar surface area (TPSA) is 57.5 Å². The number of morpholine rings is 1. The summed E-state index contributed by atoms with van der Waals surface area (Å²) in [6.07, 6.45) is 2.59. The lowest BCUT2D eigenvalue weighted by Crippen LogP contribution is -2.49. The largest absolute Gasteiger partial charge is 0.374 e. The summed E-state index contributed by atoms with van der Waals surface area (Å²) in [6.45, 7) is 7.14. The van der Waals surface area contributed by atoms with Crippen LogP contribution in [0.3, 0.4) is 0 Å². The van der Waals surface area contributed by atoms with Crippen LogP contribution < -0.4 is 5.32 Å². The van der Waals surface area contributed by atoms with Crippen LogP contribution in [0.15, 0.2) is 0 Å². The number of hydrogen-bond acceptors (Lipinski definition) is 5. The van der Waals surface area contributed by atoms with Crippen molar-refractivity contribution >= 4 is 0 Å². The van der Waals surface area contributed by atoms with E-state index < -0.39 is 0 Å². The van der Waals surface area contributed by atoms with Gasteiger partial charge >= 0.3 is 0 Å². The third-order valence-electron chi connectivity index (χ3n) is 3.66. The summed E-state index contributed by atoms with van der Waals surface area (Å²) in [6, 6.07) is 2.72. The standard InChI is InChI=1S/C13H23N3O2/c1-11(7-14)17-6-4-15-8-13-9-16-5-2-3-12(16)10-18-13/h11-13,15H,2-6,8-10H2,1H3. The molecule has 5 heteroatoms. The fourth-order valence-corrected chi connectivity index (χ4v) is 2.62. The van der Waals surface area contributed by atoms with E-state index in [0.29, 0.717) is 18.8 Å². The summed E-state index contributed by atoms with van der Waals surface area (Å²) in [4.78, 5) is 2.55. The van der Waals surface area contributed by atoms with Crippen molar-refractivity contribution in [3.63, 3.8) is 0 Å². The highest BCUT2D eigenvalue weighted by atomic mass is 16.5. The molecule has 18 heavy (non-hydrogen) atoms. The van der Waals surface area contributed by atoms with E-state index >= 15 is 0 Å². The van der Waals surface area contributed by atoms with E-state index in [1.807, 2.05) is 6.07 Å². The van der Waals surface area contributed by atoms with Gasteiger partial charge < -0.3 is 14.8 Å². The summed E-state index contributed by atoms with van der Waals surface area (Å²) in [5.74, 6) is 0. The molecule has 0 spiro atoms. The molecule has 0 amide bonds. The second-order valence-electron chi connectivity index (χ2n) is 5.09. The molecule has 0 saturated carbocycles. The number of hydrogen-bond donors (Lipinski definition) is 1. The van der Waals surface area contributed by atoms with Gasteiger partial charge in [0.2, 0.25) is 0 Å². The van der Waals surface area contributed by atoms with Gasteiger partial charge in [0, 0.05) is 25.7 Å². The van der Waals surface area contributed by atoms with Crippen LogP contribution in [0.1, 0.15) is 19.8 Å². The van der Waals surface area contributed by atoms with Crippen LogP contribution in [-0.2, 0) is 9.47 Å². The van der Waals surface area contributed by atoms with Gasteiger partial charge in [0.25, 0.3) is 0 Å². The quantitative estimate of drug-likeness (QED) is 0.693. The lowest BCUT2D eigenvalue weighted by Gasteiger charge is -2.35. The molecule has 2 heterocycles. The molecule has 1 N–H and O–H groups in total. The van der Waals surface area contributed by atoms with Gasteiger partial charge in [-0.3, -0.25) is 4.90 Å². The molecule has 2 fully saturated rings. The highest BCUT2D eigenvalue weighted by molar-refractivity contribution is 4.85. The minimum Gasteiger partial charge on any atom is -0.374 e. The van der Waals surface area contributed by atoms with Crippen molar-refractivity contribution in [3.05, 3.63) is 0 Å². The molecule has 0 aliphatic carbocycles. The number of nitrogens with zero attached hydrogens (tertiary/aromatic N) is 2. The Labute approximate surface area is 109 Å². The average molecular weight is 253 g/mol. The smallest absolute Gasteiger partial charge is 0.141 e. The first-order valence-corrected chi connectivity index (χ1v) is 6.87. The van der Waals surface area contributed by atoms with E-state index in [-0.39, 0.29) is 6.10 Å². The Morgan fingerprint density at radius 1 is 1.61 bits per heavy atom. The van der Waals surface area contributed by atoms with Crippen LogP contribution >= 0.6 is 0 Å². The molecule has 2 aliphatic heterocycles. The first kappa shape index (κ1) is 13.8. The first-order chi connectivity index (χ1) is 8.79. The van der Waals surface area contributed by atoms with Crippen molar-refractivity contribution < 1.29 is 9.47 Å².